The SMILES string of the molecule is CC[C@H](C)[C@@H]1NC(=O)CNC(=O)[C@@H]2Cc3c([nH]c4ccccc34)SCC(NC(=O)CNC1=O)C(=O)N[C@@H](CC(=O)NCc1ccc(NC(=O)[C@H](C)NC(=O)C(NC(=O)CCN3C(=O)C=CC3=O)C(C)C)cc1)C(=O)N1CC(O)C[C@H]1C(=O)N[C@@H]([C@@H](C)[C@@H](O)CO)C(=O)N2.[HH].[HH].[HH].[HH].[HH].[HH].[HH].[HH]. The standard InChI is InChI=1S/C61H80N14O17S.8H2/c1-7-30(4)51-57(89)64-24-46(81)67-41-28-93-60-37(36-10-8-9-11-38(36)70-60)21-39(54(86)63-25-47(82)72-51)68-59(91)52(31(5)43(78)27-76)73-56(88)42-20-35(77)26-75(42)61(92)40(69-55(41)87)22-45(80)62-23-33-12-14-34(15-13-33)66-53(85)32(6)65-58(90)50(29(2)3)71-44(79)18-19-74-48(83)16-17-49(74)84;;;;;;;;/h8-17,29-32,35,39-43,50-52,70,76-78H,7,18-28H2,1-6H3,(H,62,80)(H,63,86)(H,64,89)(H,65,90)(H,66,85)(H,67,81)(H,68,91)(H,69,87)(H,71,79)(H,72,82)(H,73,88);8*1H/t30-,31-,32-,35?,39-,40-,41?,42-,43-,50?,51-,52-;;;;;;;;/m0......../s1. The van der Waals surface area contributed by atoms with Crippen molar-refractivity contribution < 1.29 is 93.9 Å². The first-order valence-corrected chi connectivity index (χ1v) is 31.5. The van der Waals surface area contributed by atoms with Gasteiger partial charge in [0.25, 0.3) is 11.8 Å². The minimum absolute atomic E-state index is 0. The maximum absolute atomic E-state index is 15.0. The van der Waals surface area contributed by atoms with E-state index in [9.17, 15) is 77.6 Å². The van der Waals surface area contributed by atoms with Crippen LogP contribution in [0.15, 0.2) is 65.7 Å². The molecule has 1 fully saturated rings. The summed E-state index contributed by atoms with van der Waals surface area (Å²) >= 11 is 0.989. The zero-order valence-corrected chi connectivity index (χ0v) is 52.9. The van der Waals surface area contributed by atoms with E-state index in [1.54, 1.807) is 64.1 Å². The molecule has 32 heteroatoms. The number of carbonyl (C=O) groups is 14. The number of nitrogens with zero attached hydrogens (tertiary/aromatic N) is 2. The molecule has 12 atom stereocenters. The zero-order valence-electron chi connectivity index (χ0n) is 52.1. The van der Waals surface area contributed by atoms with Gasteiger partial charge in [0, 0.05) is 90.7 Å². The first-order valence-electron chi connectivity index (χ1n) is 30.5. The second kappa shape index (κ2) is 32.3. The lowest BCUT2D eigenvalue weighted by Crippen LogP contribution is -2.62. The average Bonchev–Trinajstić information content (AvgIpc) is 1.68. The Labute approximate surface area is 550 Å². The van der Waals surface area contributed by atoms with Crippen molar-refractivity contribution in [3.63, 3.8) is 0 Å². The van der Waals surface area contributed by atoms with Gasteiger partial charge in [-0.05, 0) is 48.1 Å². The average molecular weight is 1330 g/mol. The van der Waals surface area contributed by atoms with E-state index in [-0.39, 0.29) is 48.8 Å². The summed E-state index contributed by atoms with van der Waals surface area (Å²) in [5.74, 6) is -14.0. The summed E-state index contributed by atoms with van der Waals surface area (Å²) in [7, 11) is 0. The van der Waals surface area contributed by atoms with E-state index in [1.807, 2.05) is 0 Å². The number of thioether (sulfide) groups is 1. The van der Waals surface area contributed by atoms with E-state index in [0.717, 1.165) is 33.7 Å². The Morgan fingerprint density at radius 2 is 1.40 bits per heavy atom. The number of aliphatic hydroxyl groups excluding tert-OH is 3. The molecule has 7 rings (SSSR count). The van der Waals surface area contributed by atoms with Gasteiger partial charge < -0.3 is 83.7 Å². The molecule has 93 heavy (non-hydrogen) atoms. The predicted octanol–water partition coefficient (Wildman–Crippen LogP) is -1.94. The molecule has 4 aliphatic heterocycles. The van der Waals surface area contributed by atoms with Crippen molar-refractivity contribution in [2.24, 2.45) is 17.8 Å². The largest absolute Gasteiger partial charge is 0.394 e. The van der Waals surface area contributed by atoms with Gasteiger partial charge in [0.05, 0.1) is 43.4 Å². The van der Waals surface area contributed by atoms with Crippen LogP contribution in [0.4, 0.5) is 5.69 Å². The molecule has 31 nitrogen and oxygen atoms in total. The van der Waals surface area contributed by atoms with Crippen LogP contribution in [0.25, 0.3) is 10.9 Å². The molecular formula is C61H96N14O17S. The molecule has 15 N–H and O–H groups in total. The molecule has 1 saturated heterocycles. The predicted molar refractivity (Wildman–Crippen MR) is 350 cm³/mol. The van der Waals surface area contributed by atoms with Gasteiger partial charge >= 0.3 is 0 Å². The van der Waals surface area contributed by atoms with Crippen LogP contribution < -0.4 is 58.5 Å². The first kappa shape index (κ1) is 71.2. The Hall–Kier alpha value is -9.27. The molecule has 5 heterocycles. The second-order valence-electron chi connectivity index (χ2n) is 23.7. The van der Waals surface area contributed by atoms with Gasteiger partial charge in [-0.3, -0.25) is 72.0 Å². The lowest BCUT2D eigenvalue weighted by Gasteiger charge is -2.33. The molecule has 0 aliphatic carbocycles. The van der Waals surface area contributed by atoms with Crippen molar-refractivity contribution in [2.75, 3.05) is 43.9 Å². The maximum Gasteiger partial charge on any atom is 0.253 e. The van der Waals surface area contributed by atoms with E-state index in [2.05, 4.69) is 63.5 Å². The number of aromatic amines is 1. The number of aromatic nitrogens is 1. The zero-order chi connectivity index (χ0) is 68.0. The highest BCUT2D eigenvalue weighted by atomic mass is 32.2. The third-order valence-electron chi connectivity index (χ3n) is 16.5. The fourth-order valence-corrected chi connectivity index (χ4v) is 11.9. The van der Waals surface area contributed by atoms with Crippen LogP contribution in [0.5, 0.6) is 0 Å². The number of hydrogen-bond acceptors (Lipinski definition) is 18. The summed E-state index contributed by atoms with van der Waals surface area (Å²) in [4.78, 5) is 197. The molecule has 14 amide bonds. The van der Waals surface area contributed by atoms with E-state index >= 15 is 4.79 Å². The Kier molecular flexibility index (Phi) is 24.7. The number of carbonyl (C=O) groups excluding carboxylic acids is 14. The fraction of sp³-hybridized carbons (Fsp3) is 0.508. The van der Waals surface area contributed by atoms with Crippen LogP contribution in [-0.4, -0.2) is 212 Å². The second-order valence-corrected chi connectivity index (χ2v) is 24.7. The number of benzene rings is 2. The molecule has 4 aliphatic rings. The summed E-state index contributed by atoms with van der Waals surface area (Å²) in [6, 6.07) is 1.18. The smallest absolute Gasteiger partial charge is 0.253 e. The third-order valence-corrected chi connectivity index (χ3v) is 17.6. The first-order chi connectivity index (χ1) is 44.2. The Morgan fingerprint density at radius 1 is 0.731 bits per heavy atom. The third kappa shape index (κ3) is 18.7. The number of imide groups is 1. The lowest BCUT2D eigenvalue weighted by molar-refractivity contribution is -0.144. The highest BCUT2D eigenvalue weighted by Crippen LogP contribution is 2.32. The molecule has 2 bridgehead atoms. The van der Waals surface area contributed by atoms with Gasteiger partial charge in [0.2, 0.25) is 70.9 Å². The lowest BCUT2D eigenvalue weighted by atomic mass is 9.93. The molecule has 3 aromatic rings. The van der Waals surface area contributed by atoms with Crippen LogP contribution in [-0.2, 0) is 80.1 Å². The number of nitrogens with one attached hydrogen (secondary N) is 12. The van der Waals surface area contributed by atoms with Crippen molar-refractivity contribution in [3.8, 4) is 0 Å². The molecule has 3 unspecified atom stereocenters. The van der Waals surface area contributed by atoms with Crippen molar-refractivity contribution >= 4 is 111 Å². The number of hydrogen-bond donors (Lipinski definition) is 15. The normalized spacial score (nSPS) is 23.7. The van der Waals surface area contributed by atoms with Gasteiger partial charge in [0.1, 0.15) is 48.3 Å². The summed E-state index contributed by atoms with van der Waals surface area (Å²) in [5, 5.41) is 61.5. The fourth-order valence-electron chi connectivity index (χ4n) is 10.7. The van der Waals surface area contributed by atoms with Crippen LogP contribution in [0, 0.1) is 17.8 Å². The van der Waals surface area contributed by atoms with E-state index < -0.39 is 200 Å². The summed E-state index contributed by atoms with van der Waals surface area (Å²) in [6.45, 7) is 6.32. The van der Waals surface area contributed by atoms with Crippen LogP contribution in [0.2, 0.25) is 0 Å². The molecular weight excluding hydrogens is 1230 g/mol. The van der Waals surface area contributed by atoms with Gasteiger partial charge in [-0.2, -0.15) is 0 Å². The topological polar surface area (TPSA) is 454 Å². The molecule has 0 radical (unpaired) electrons. The Morgan fingerprint density at radius 3 is 2.06 bits per heavy atom. The monoisotopic (exact) mass is 1330 g/mol. The van der Waals surface area contributed by atoms with Gasteiger partial charge in [-0.1, -0.05) is 71.4 Å². The number of amides is 14. The van der Waals surface area contributed by atoms with Crippen molar-refractivity contribution in [2.45, 2.75) is 146 Å². The number of anilines is 1. The van der Waals surface area contributed by atoms with E-state index in [1.165, 1.54) is 26.0 Å². The number of H-pyrrole nitrogens is 1. The van der Waals surface area contributed by atoms with Gasteiger partial charge in [-0.25, -0.2) is 0 Å². The Balaban J connectivity index is 0. The minimum Gasteiger partial charge on any atom is -0.394 e. The number of rotatable bonds is 18. The van der Waals surface area contributed by atoms with Gasteiger partial charge in [0.15, 0.2) is 0 Å². The van der Waals surface area contributed by atoms with Crippen LogP contribution in [0.1, 0.15) is 89.8 Å². The Bertz CT molecular complexity index is 3420. The maximum atomic E-state index is 15.0. The summed E-state index contributed by atoms with van der Waals surface area (Å²) in [6.07, 6.45) is -2.30. The number of fused-ring (bicyclic) bond motifs is 5. The quantitative estimate of drug-likeness (QED) is 0.0616. The number of aliphatic hydroxyl groups is 3. The molecule has 518 valence electrons. The van der Waals surface area contributed by atoms with Crippen molar-refractivity contribution in [1.82, 2.24) is 68.0 Å². The van der Waals surface area contributed by atoms with Crippen LogP contribution in [0.3, 0.4) is 0 Å². The molecule has 2 aromatic carbocycles. The molecule has 0 saturated carbocycles. The highest BCUT2D eigenvalue weighted by molar-refractivity contribution is 7.99. The minimum atomic E-state index is -1.84. The molecule has 1 aromatic heterocycles. The van der Waals surface area contributed by atoms with E-state index in [0.29, 0.717) is 33.5 Å². The summed E-state index contributed by atoms with van der Waals surface area (Å²) in [5.41, 5.74) is 1.68. The summed E-state index contributed by atoms with van der Waals surface area (Å²) < 4.78 is 0. The van der Waals surface area contributed by atoms with Gasteiger partial charge in [-0.15, -0.1) is 11.8 Å². The highest BCUT2D eigenvalue weighted by Gasteiger charge is 2.45. The van der Waals surface area contributed by atoms with Crippen molar-refractivity contribution in [3.05, 3.63) is 71.8 Å². The van der Waals surface area contributed by atoms with Crippen LogP contribution >= 0.6 is 11.8 Å². The molecule has 0 spiro atoms. The number of para-hydroxylation sites is 1. The van der Waals surface area contributed by atoms with Crippen molar-refractivity contribution in [1.29, 1.82) is 0 Å². The van der Waals surface area contributed by atoms with E-state index in [4.69, 9.17) is 0 Å².